The van der Waals surface area contributed by atoms with E-state index in [9.17, 15) is 0 Å². The Bertz CT molecular complexity index is 259. The second-order valence-corrected chi connectivity index (χ2v) is 4.47. The smallest absolute Gasteiger partial charge is 0.0270 e. The molecule has 14 heavy (non-hydrogen) atoms. The lowest BCUT2D eigenvalue weighted by Crippen LogP contribution is -2.33. The van der Waals surface area contributed by atoms with Crippen LogP contribution in [0.15, 0.2) is 24.5 Å². The third-order valence-electron chi connectivity index (χ3n) is 2.32. The molecule has 1 rings (SSSR count). The summed E-state index contributed by atoms with van der Waals surface area (Å²) in [6.07, 6.45) is 3.69. The molecular weight excluding hydrogens is 192 g/mol. The Morgan fingerprint density at radius 1 is 1.36 bits per heavy atom. The minimum atomic E-state index is 0.159. The van der Waals surface area contributed by atoms with Crippen molar-refractivity contribution in [3.8, 4) is 0 Å². The molecule has 78 valence electrons. The van der Waals surface area contributed by atoms with E-state index in [2.05, 4.69) is 48.9 Å². The van der Waals surface area contributed by atoms with Crippen LogP contribution in [0, 0.1) is 0 Å². The summed E-state index contributed by atoms with van der Waals surface area (Å²) in [7, 11) is 0. The molecule has 0 amide bonds. The summed E-state index contributed by atoms with van der Waals surface area (Å²) in [5.74, 6) is 0.881. The lowest BCUT2D eigenvalue weighted by atomic mass is 9.85. The van der Waals surface area contributed by atoms with Crippen molar-refractivity contribution in [2.45, 2.75) is 19.3 Å². The van der Waals surface area contributed by atoms with Gasteiger partial charge in [0.25, 0.3) is 0 Å². The topological polar surface area (TPSA) is 24.9 Å². The fraction of sp³-hybridized carbons (Fsp3) is 0.545. The second-order valence-electron chi connectivity index (χ2n) is 4.02. The normalized spacial score (nSPS) is 11.6. The van der Waals surface area contributed by atoms with Gasteiger partial charge in [-0.1, -0.05) is 13.8 Å². The van der Waals surface area contributed by atoms with Gasteiger partial charge in [-0.3, -0.25) is 4.98 Å². The van der Waals surface area contributed by atoms with E-state index in [1.165, 1.54) is 5.56 Å². The molecule has 3 heteroatoms. The molecule has 0 aromatic carbocycles. The second kappa shape index (κ2) is 5.37. The number of pyridine rings is 1. The molecule has 0 radical (unpaired) electrons. The van der Waals surface area contributed by atoms with Crippen LogP contribution in [0.4, 0.5) is 0 Å². The minimum Gasteiger partial charge on any atom is -0.315 e. The Hall–Kier alpha value is -0.540. The molecule has 0 saturated carbocycles. The Kier molecular flexibility index (Phi) is 4.42. The summed E-state index contributed by atoms with van der Waals surface area (Å²) in [4.78, 5) is 4.02. The predicted octanol–water partition coefficient (Wildman–Crippen LogP) is 1.88. The van der Waals surface area contributed by atoms with Gasteiger partial charge in [-0.25, -0.2) is 0 Å². The van der Waals surface area contributed by atoms with Crippen LogP contribution >= 0.6 is 12.6 Å². The van der Waals surface area contributed by atoms with Crippen LogP contribution in [0.25, 0.3) is 0 Å². The van der Waals surface area contributed by atoms with Gasteiger partial charge in [0.15, 0.2) is 0 Å². The zero-order chi connectivity index (χ0) is 10.4. The highest BCUT2D eigenvalue weighted by molar-refractivity contribution is 7.80. The number of rotatable bonds is 5. The highest BCUT2D eigenvalue weighted by atomic mass is 32.1. The molecule has 1 N–H and O–H groups in total. The van der Waals surface area contributed by atoms with E-state index in [0.29, 0.717) is 0 Å². The molecule has 0 aliphatic carbocycles. The number of nitrogens with one attached hydrogen (secondary N) is 1. The van der Waals surface area contributed by atoms with Crippen LogP contribution in [0.2, 0.25) is 0 Å². The first-order valence-corrected chi connectivity index (χ1v) is 5.52. The molecule has 1 heterocycles. The van der Waals surface area contributed by atoms with Crippen molar-refractivity contribution in [1.82, 2.24) is 10.3 Å². The zero-order valence-electron chi connectivity index (χ0n) is 8.83. The average molecular weight is 210 g/mol. The van der Waals surface area contributed by atoms with Crippen LogP contribution in [0.3, 0.4) is 0 Å². The first-order valence-electron chi connectivity index (χ1n) is 4.89. The first kappa shape index (κ1) is 11.5. The summed E-state index contributed by atoms with van der Waals surface area (Å²) in [5, 5.41) is 3.38. The lowest BCUT2D eigenvalue weighted by Gasteiger charge is -2.25. The molecule has 1 aromatic heterocycles. The summed E-state index contributed by atoms with van der Waals surface area (Å²) in [5.41, 5.74) is 1.48. The molecule has 0 aliphatic heterocycles. The first-order chi connectivity index (χ1) is 6.67. The number of hydrogen-bond acceptors (Lipinski definition) is 3. The zero-order valence-corrected chi connectivity index (χ0v) is 9.72. The van der Waals surface area contributed by atoms with Gasteiger partial charge in [0.05, 0.1) is 0 Å². The predicted molar refractivity (Wildman–Crippen MR) is 64.0 cm³/mol. The summed E-state index contributed by atoms with van der Waals surface area (Å²) < 4.78 is 0. The molecule has 0 bridgehead atoms. The van der Waals surface area contributed by atoms with Gasteiger partial charge in [0, 0.05) is 36.7 Å². The van der Waals surface area contributed by atoms with Gasteiger partial charge in [0.1, 0.15) is 0 Å². The molecule has 0 saturated heterocycles. The van der Waals surface area contributed by atoms with Crippen molar-refractivity contribution in [3.05, 3.63) is 30.1 Å². The highest BCUT2D eigenvalue weighted by Gasteiger charge is 2.19. The molecule has 2 nitrogen and oxygen atoms in total. The van der Waals surface area contributed by atoms with E-state index < -0.39 is 0 Å². The SMILES string of the molecule is CC(C)(CNCCS)c1ccncc1. The van der Waals surface area contributed by atoms with E-state index in [-0.39, 0.29) is 5.41 Å². The molecule has 0 atom stereocenters. The van der Waals surface area contributed by atoms with Crippen molar-refractivity contribution >= 4 is 12.6 Å². The standard InChI is InChI=1S/C11H18N2S/c1-11(2,9-13-7-8-14)10-3-5-12-6-4-10/h3-6,13-14H,7-9H2,1-2H3. The number of thiol groups is 1. The highest BCUT2D eigenvalue weighted by Crippen LogP contribution is 2.20. The third kappa shape index (κ3) is 3.31. The monoisotopic (exact) mass is 210 g/mol. The average Bonchev–Trinajstić information content (AvgIpc) is 2.19. The summed E-state index contributed by atoms with van der Waals surface area (Å²) >= 11 is 4.17. The molecule has 0 unspecified atom stereocenters. The minimum absolute atomic E-state index is 0.159. The largest absolute Gasteiger partial charge is 0.315 e. The van der Waals surface area contributed by atoms with E-state index in [0.717, 1.165) is 18.8 Å². The number of aromatic nitrogens is 1. The van der Waals surface area contributed by atoms with Crippen molar-refractivity contribution < 1.29 is 0 Å². The summed E-state index contributed by atoms with van der Waals surface area (Å²) in [6, 6.07) is 4.14. The van der Waals surface area contributed by atoms with Crippen LogP contribution < -0.4 is 5.32 Å². The van der Waals surface area contributed by atoms with E-state index in [1.807, 2.05) is 12.4 Å². The van der Waals surface area contributed by atoms with Gasteiger partial charge in [-0.15, -0.1) is 0 Å². The molecule has 0 aliphatic rings. The maximum absolute atomic E-state index is 4.17. The van der Waals surface area contributed by atoms with Gasteiger partial charge in [0.2, 0.25) is 0 Å². The van der Waals surface area contributed by atoms with Crippen molar-refractivity contribution in [1.29, 1.82) is 0 Å². The fourth-order valence-electron chi connectivity index (χ4n) is 1.39. The Balaban J connectivity index is 2.56. The van der Waals surface area contributed by atoms with Gasteiger partial charge >= 0.3 is 0 Å². The Labute approximate surface area is 91.5 Å². The van der Waals surface area contributed by atoms with Crippen molar-refractivity contribution in [3.63, 3.8) is 0 Å². The Morgan fingerprint density at radius 2 is 2.00 bits per heavy atom. The lowest BCUT2D eigenvalue weighted by molar-refractivity contribution is 0.478. The van der Waals surface area contributed by atoms with Gasteiger partial charge < -0.3 is 5.32 Å². The van der Waals surface area contributed by atoms with Gasteiger partial charge in [-0.05, 0) is 17.7 Å². The van der Waals surface area contributed by atoms with Crippen LogP contribution in [-0.2, 0) is 5.41 Å². The maximum atomic E-state index is 4.17. The fourth-order valence-corrected chi connectivity index (χ4v) is 1.54. The van der Waals surface area contributed by atoms with E-state index in [1.54, 1.807) is 0 Å². The molecule has 0 spiro atoms. The van der Waals surface area contributed by atoms with E-state index >= 15 is 0 Å². The quantitative estimate of drug-likeness (QED) is 0.573. The van der Waals surface area contributed by atoms with E-state index in [4.69, 9.17) is 0 Å². The Morgan fingerprint density at radius 3 is 2.57 bits per heavy atom. The number of hydrogen-bond donors (Lipinski definition) is 2. The van der Waals surface area contributed by atoms with Crippen LogP contribution in [-0.4, -0.2) is 23.8 Å². The number of nitrogens with zero attached hydrogens (tertiary/aromatic N) is 1. The third-order valence-corrected chi connectivity index (χ3v) is 2.54. The molecular formula is C11H18N2S. The van der Waals surface area contributed by atoms with Crippen molar-refractivity contribution in [2.75, 3.05) is 18.8 Å². The summed E-state index contributed by atoms with van der Waals surface area (Å²) in [6.45, 7) is 6.39. The maximum Gasteiger partial charge on any atom is 0.0270 e. The van der Waals surface area contributed by atoms with Crippen LogP contribution in [0.5, 0.6) is 0 Å². The van der Waals surface area contributed by atoms with Crippen molar-refractivity contribution in [2.24, 2.45) is 0 Å². The molecule has 1 aromatic rings. The van der Waals surface area contributed by atoms with Gasteiger partial charge in [-0.2, -0.15) is 12.6 Å². The van der Waals surface area contributed by atoms with Crippen LogP contribution in [0.1, 0.15) is 19.4 Å². The molecule has 0 fully saturated rings.